The Morgan fingerprint density at radius 3 is 2.81 bits per heavy atom. The van der Waals surface area contributed by atoms with Gasteiger partial charge in [-0.25, -0.2) is 5.48 Å². The van der Waals surface area contributed by atoms with Crippen LogP contribution in [0.3, 0.4) is 0 Å². The van der Waals surface area contributed by atoms with E-state index in [1.54, 1.807) is 25.3 Å². The molecule has 0 radical (unpaired) electrons. The SMILES string of the molecule is COCCONC(=O)c1ccc(Cl)cc1C. The van der Waals surface area contributed by atoms with Crippen molar-refractivity contribution in [3.63, 3.8) is 0 Å². The van der Waals surface area contributed by atoms with E-state index in [0.29, 0.717) is 23.8 Å². The van der Waals surface area contributed by atoms with Crippen molar-refractivity contribution in [2.75, 3.05) is 20.3 Å². The minimum Gasteiger partial charge on any atom is -0.382 e. The van der Waals surface area contributed by atoms with Crippen molar-refractivity contribution >= 4 is 17.5 Å². The normalized spacial score (nSPS) is 10.2. The maximum Gasteiger partial charge on any atom is 0.275 e. The highest BCUT2D eigenvalue weighted by atomic mass is 35.5. The average molecular weight is 244 g/mol. The van der Waals surface area contributed by atoms with Crippen LogP contribution in [0.2, 0.25) is 5.02 Å². The summed E-state index contributed by atoms with van der Waals surface area (Å²) < 4.78 is 4.78. The molecule has 0 saturated heterocycles. The molecule has 0 aliphatic carbocycles. The van der Waals surface area contributed by atoms with Crippen molar-refractivity contribution in [3.05, 3.63) is 34.3 Å². The second-order valence-corrected chi connectivity index (χ2v) is 3.67. The number of hydrogen-bond donors (Lipinski definition) is 1. The number of carbonyl (C=O) groups is 1. The Kier molecular flexibility index (Phi) is 5.25. The highest BCUT2D eigenvalue weighted by molar-refractivity contribution is 6.30. The van der Waals surface area contributed by atoms with Crippen molar-refractivity contribution in [1.82, 2.24) is 5.48 Å². The Labute approximate surface area is 99.5 Å². The summed E-state index contributed by atoms with van der Waals surface area (Å²) in [5.41, 5.74) is 3.68. The molecular weight excluding hydrogens is 230 g/mol. The van der Waals surface area contributed by atoms with Crippen LogP contribution >= 0.6 is 11.6 Å². The molecule has 4 nitrogen and oxygen atoms in total. The molecule has 88 valence electrons. The van der Waals surface area contributed by atoms with Crippen molar-refractivity contribution < 1.29 is 14.4 Å². The van der Waals surface area contributed by atoms with E-state index >= 15 is 0 Å². The van der Waals surface area contributed by atoms with Gasteiger partial charge in [0.15, 0.2) is 0 Å². The fourth-order valence-electron chi connectivity index (χ4n) is 1.18. The van der Waals surface area contributed by atoms with Crippen molar-refractivity contribution in [2.45, 2.75) is 6.92 Å². The van der Waals surface area contributed by atoms with Crippen LogP contribution in [-0.2, 0) is 9.57 Å². The van der Waals surface area contributed by atoms with Crippen molar-refractivity contribution in [1.29, 1.82) is 0 Å². The van der Waals surface area contributed by atoms with E-state index in [-0.39, 0.29) is 5.91 Å². The third-order valence-electron chi connectivity index (χ3n) is 1.99. The topological polar surface area (TPSA) is 47.6 Å². The minimum absolute atomic E-state index is 0.287. The summed E-state index contributed by atoms with van der Waals surface area (Å²) in [6, 6.07) is 5.05. The summed E-state index contributed by atoms with van der Waals surface area (Å²) in [5, 5.41) is 0.606. The maximum absolute atomic E-state index is 11.6. The van der Waals surface area contributed by atoms with E-state index in [1.165, 1.54) is 0 Å². The zero-order valence-electron chi connectivity index (χ0n) is 9.25. The molecule has 0 aliphatic rings. The Bertz CT molecular complexity index is 368. The standard InChI is InChI=1S/C11H14ClNO3/c1-8-7-9(12)3-4-10(8)11(14)13-16-6-5-15-2/h3-4,7H,5-6H2,1-2H3,(H,13,14). The lowest BCUT2D eigenvalue weighted by Gasteiger charge is -2.07. The first kappa shape index (κ1) is 13.0. The van der Waals surface area contributed by atoms with Gasteiger partial charge in [0, 0.05) is 17.7 Å². The largest absolute Gasteiger partial charge is 0.382 e. The van der Waals surface area contributed by atoms with Gasteiger partial charge >= 0.3 is 0 Å². The number of carbonyl (C=O) groups excluding carboxylic acids is 1. The number of halogens is 1. The molecule has 0 bridgehead atoms. The molecule has 0 unspecified atom stereocenters. The van der Waals surface area contributed by atoms with Crippen LogP contribution < -0.4 is 5.48 Å². The molecule has 0 spiro atoms. The molecule has 1 N–H and O–H groups in total. The Hall–Kier alpha value is -1.10. The fourth-order valence-corrected chi connectivity index (χ4v) is 1.41. The Balaban J connectivity index is 2.53. The first-order valence-corrected chi connectivity index (χ1v) is 5.20. The molecule has 0 saturated carbocycles. The average Bonchev–Trinajstić information content (AvgIpc) is 2.24. The van der Waals surface area contributed by atoms with Gasteiger partial charge in [-0.05, 0) is 30.7 Å². The van der Waals surface area contributed by atoms with Crippen molar-refractivity contribution in [2.24, 2.45) is 0 Å². The number of rotatable bonds is 5. The maximum atomic E-state index is 11.6. The number of ether oxygens (including phenoxy) is 1. The molecule has 16 heavy (non-hydrogen) atoms. The van der Waals surface area contributed by atoms with Crippen LogP contribution in [0.4, 0.5) is 0 Å². The van der Waals surface area contributed by atoms with Crippen LogP contribution in [0.5, 0.6) is 0 Å². The second kappa shape index (κ2) is 6.48. The third kappa shape index (κ3) is 3.81. The predicted molar refractivity (Wildman–Crippen MR) is 61.5 cm³/mol. The second-order valence-electron chi connectivity index (χ2n) is 3.23. The van der Waals surface area contributed by atoms with Crippen LogP contribution in [0, 0.1) is 6.92 Å². The zero-order chi connectivity index (χ0) is 12.0. The summed E-state index contributed by atoms with van der Waals surface area (Å²) in [6.07, 6.45) is 0. The van der Waals surface area contributed by atoms with Crippen molar-refractivity contribution in [3.8, 4) is 0 Å². The smallest absolute Gasteiger partial charge is 0.275 e. The Morgan fingerprint density at radius 2 is 2.19 bits per heavy atom. The van der Waals surface area contributed by atoms with E-state index in [0.717, 1.165) is 5.56 Å². The summed E-state index contributed by atoms with van der Waals surface area (Å²) in [5.74, 6) is -0.287. The van der Waals surface area contributed by atoms with Crippen LogP contribution in [-0.4, -0.2) is 26.2 Å². The molecule has 1 amide bonds. The highest BCUT2D eigenvalue weighted by Crippen LogP contribution is 2.14. The molecular formula is C11H14ClNO3. The van der Waals surface area contributed by atoms with Crippen LogP contribution in [0.1, 0.15) is 15.9 Å². The lowest BCUT2D eigenvalue weighted by Crippen LogP contribution is -2.26. The molecule has 5 heteroatoms. The van der Waals surface area contributed by atoms with Gasteiger partial charge in [-0.3, -0.25) is 9.63 Å². The van der Waals surface area contributed by atoms with Gasteiger partial charge in [-0.15, -0.1) is 0 Å². The number of benzene rings is 1. The molecule has 0 fully saturated rings. The van der Waals surface area contributed by atoms with E-state index in [2.05, 4.69) is 5.48 Å². The number of nitrogens with one attached hydrogen (secondary N) is 1. The van der Waals surface area contributed by atoms with Gasteiger partial charge in [0.05, 0.1) is 13.2 Å². The van der Waals surface area contributed by atoms with E-state index in [9.17, 15) is 4.79 Å². The van der Waals surface area contributed by atoms with Gasteiger partial charge in [0.2, 0.25) is 0 Å². The molecule has 0 aliphatic heterocycles. The van der Waals surface area contributed by atoms with E-state index in [1.807, 2.05) is 6.92 Å². The summed E-state index contributed by atoms with van der Waals surface area (Å²) in [6.45, 7) is 2.56. The van der Waals surface area contributed by atoms with Crippen LogP contribution in [0.25, 0.3) is 0 Å². The molecule has 0 atom stereocenters. The lowest BCUT2D eigenvalue weighted by atomic mass is 10.1. The lowest BCUT2D eigenvalue weighted by molar-refractivity contribution is 0.00885. The van der Waals surface area contributed by atoms with Gasteiger partial charge in [-0.1, -0.05) is 11.6 Å². The number of amides is 1. The van der Waals surface area contributed by atoms with Gasteiger partial charge in [0.25, 0.3) is 5.91 Å². The Morgan fingerprint density at radius 1 is 1.44 bits per heavy atom. The zero-order valence-corrected chi connectivity index (χ0v) is 10.0. The number of aryl methyl sites for hydroxylation is 1. The number of hydrogen-bond acceptors (Lipinski definition) is 3. The van der Waals surface area contributed by atoms with E-state index in [4.69, 9.17) is 21.2 Å². The predicted octanol–water partition coefficient (Wildman–Crippen LogP) is 1.96. The van der Waals surface area contributed by atoms with Crippen LogP contribution in [0.15, 0.2) is 18.2 Å². The molecule has 1 rings (SSSR count). The summed E-state index contributed by atoms with van der Waals surface area (Å²) in [4.78, 5) is 16.5. The minimum atomic E-state index is -0.287. The first-order valence-electron chi connectivity index (χ1n) is 4.82. The molecule has 1 aromatic carbocycles. The first-order chi connectivity index (χ1) is 7.65. The monoisotopic (exact) mass is 243 g/mol. The number of methoxy groups -OCH3 is 1. The molecule has 0 heterocycles. The summed E-state index contributed by atoms with van der Waals surface area (Å²) >= 11 is 5.79. The quantitative estimate of drug-likeness (QED) is 0.635. The number of hydroxylamine groups is 1. The fraction of sp³-hybridized carbons (Fsp3) is 0.364. The molecule has 1 aromatic rings. The highest BCUT2D eigenvalue weighted by Gasteiger charge is 2.08. The van der Waals surface area contributed by atoms with Gasteiger partial charge in [-0.2, -0.15) is 0 Å². The summed E-state index contributed by atoms with van der Waals surface area (Å²) in [7, 11) is 1.56. The van der Waals surface area contributed by atoms with Gasteiger partial charge in [0.1, 0.15) is 0 Å². The molecule has 0 aromatic heterocycles. The van der Waals surface area contributed by atoms with E-state index < -0.39 is 0 Å². The van der Waals surface area contributed by atoms with Gasteiger partial charge < -0.3 is 4.74 Å². The third-order valence-corrected chi connectivity index (χ3v) is 2.22.